The fourth-order valence-corrected chi connectivity index (χ4v) is 5.84. The molecule has 0 amide bonds. The zero-order valence-corrected chi connectivity index (χ0v) is 20.8. The summed E-state index contributed by atoms with van der Waals surface area (Å²) in [5, 5.41) is 7.25. The molecular weight excluding hydrogens is 450 g/mol. The zero-order valence-electron chi connectivity index (χ0n) is 20.8. The van der Waals surface area contributed by atoms with Crippen LogP contribution >= 0.6 is 0 Å². The highest BCUT2D eigenvalue weighted by atomic mass is 16.1. The van der Waals surface area contributed by atoms with Crippen molar-refractivity contribution >= 4 is 43.2 Å². The van der Waals surface area contributed by atoms with Gasteiger partial charge in [0.05, 0.1) is 11.2 Å². The van der Waals surface area contributed by atoms with Gasteiger partial charge in [0.1, 0.15) is 0 Å². The second kappa shape index (κ2) is 8.18. The van der Waals surface area contributed by atoms with Gasteiger partial charge in [-0.2, -0.15) is 0 Å². The van der Waals surface area contributed by atoms with Gasteiger partial charge >= 0.3 is 0 Å². The maximum absolute atomic E-state index is 14.3. The Balaban J connectivity index is 1.75. The van der Waals surface area contributed by atoms with E-state index in [0.29, 0.717) is 0 Å². The molecule has 0 bridgehead atoms. The molecule has 0 aliphatic carbocycles. The van der Waals surface area contributed by atoms with Gasteiger partial charge in [0.15, 0.2) is 0 Å². The summed E-state index contributed by atoms with van der Waals surface area (Å²) in [6.45, 7) is 4.19. The van der Waals surface area contributed by atoms with E-state index in [9.17, 15) is 4.79 Å². The van der Waals surface area contributed by atoms with E-state index in [1.807, 2.05) is 22.8 Å². The average molecular weight is 476 g/mol. The van der Waals surface area contributed by atoms with Gasteiger partial charge in [-0.05, 0) is 59.3 Å². The molecular formula is C35H25NO. The summed E-state index contributed by atoms with van der Waals surface area (Å²) in [7, 11) is 0. The van der Waals surface area contributed by atoms with Gasteiger partial charge in [-0.15, -0.1) is 0 Å². The van der Waals surface area contributed by atoms with Crippen molar-refractivity contribution in [1.82, 2.24) is 4.57 Å². The third kappa shape index (κ3) is 3.23. The van der Waals surface area contributed by atoms with E-state index in [1.54, 1.807) is 0 Å². The lowest BCUT2D eigenvalue weighted by atomic mass is 9.90. The van der Waals surface area contributed by atoms with Crippen molar-refractivity contribution in [2.24, 2.45) is 0 Å². The van der Waals surface area contributed by atoms with Crippen molar-refractivity contribution in [3.05, 3.63) is 137 Å². The molecule has 1 aromatic heterocycles. The molecule has 0 saturated carbocycles. The smallest absolute Gasteiger partial charge is 0.263 e. The third-order valence-corrected chi connectivity index (χ3v) is 7.48. The Morgan fingerprint density at radius 2 is 1.03 bits per heavy atom. The van der Waals surface area contributed by atoms with Crippen molar-refractivity contribution in [1.29, 1.82) is 0 Å². The summed E-state index contributed by atoms with van der Waals surface area (Å²) in [5.74, 6) is 0. The van der Waals surface area contributed by atoms with E-state index in [1.165, 1.54) is 16.7 Å². The number of fused-ring (bicyclic) bond motifs is 5. The molecule has 2 nitrogen and oxygen atoms in total. The molecule has 0 aliphatic heterocycles. The van der Waals surface area contributed by atoms with Crippen LogP contribution in [0.1, 0.15) is 11.1 Å². The topological polar surface area (TPSA) is 22.0 Å². The highest BCUT2D eigenvalue weighted by Crippen LogP contribution is 2.41. The zero-order chi connectivity index (χ0) is 25.1. The maximum atomic E-state index is 14.3. The molecule has 7 aromatic rings. The number of nitrogens with zero attached hydrogens (tertiary/aromatic N) is 1. The number of hydrogen-bond donors (Lipinski definition) is 0. The predicted octanol–water partition coefficient (Wildman–Crippen LogP) is 8.73. The Morgan fingerprint density at radius 1 is 0.486 bits per heavy atom. The van der Waals surface area contributed by atoms with Crippen LogP contribution in [0.15, 0.2) is 120 Å². The van der Waals surface area contributed by atoms with E-state index in [4.69, 9.17) is 0 Å². The number of hydrogen-bond acceptors (Lipinski definition) is 1. The van der Waals surface area contributed by atoms with Gasteiger partial charge in [-0.1, -0.05) is 108 Å². The Bertz CT molecular complexity index is 2010. The minimum Gasteiger partial charge on any atom is -0.275 e. The van der Waals surface area contributed by atoms with Crippen LogP contribution in [0, 0.1) is 13.8 Å². The predicted molar refractivity (Wildman–Crippen MR) is 157 cm³/mol. The number of aromatic nitrogens is 1. The molecule has 2 heteroatoms. The maximum Gasteiger partial charge on any atom is 0.263 e. The van der Waals surface area contributed by atoms with Crippen LogP contribution in [0.2, 0.25) is 0 Å². The van der Waals surface area contributed by atoms with E-state index in [-0.39, 0.29) is 5.56 Å². The second-order valence-electron chi connectivity index (χ2n) is 9.89. The molecule has 0 unspecified atom stereocenters. The molecule has 0 aliphatic rings. The molecule has 0 N–H and O–H groups in total. The van der Waals surface area contributed by atoms with Gasteiger partial charge < -0.3 is 0 Å². The summed E-state index contributed by atoms with van der Waals surface area (Å²) in [5.41, 5.74) is 6.56. The first-order valence-electron chi connectivity index (χ1n) is 12.7. The largest absolute Gasteiger partial charge is 0.275 e. The molecule has 176 valence electrons. The van der Waals surface area contributed by atoms with Crippen molar-refractivity contribution in [3.8, 4) is 16.8 Å². The molecule has 0 spiro atoms. The summed E-state index contributed by atoms with van der Waals surface area (Å²) in [4.78, 5) is 14.3. The second-order valence-corrected chi connectivity index (χ2v) is 9.89. The fraction of sp³-hybridized carbons (Fsp3) is 0.0571. The Labute approximate surface area is 215 Å². The molecule has 37 heavy (non-hydrogen) atoms. The number of aryl methyl sites for hydroxylation is 2. The van der Waals surface area contributed by atoms with Crippen molar-refractivity contribution < 1.29 is 0 Å². The van der Waals surface area contributed by atoms with Crippen molar-refractivity contribution in [2.75, 3.05) is 0 Å². The highest BCUT2D eigenvalue weighted by Gasteiger charge is 2.20. The SMILES string of the molecule is Cc1ccc2c(=O)n(-c3c4ccccc4c(-c4ccccc4)c4ccccc34)c3ccc(C)cc3c2c1. The fourth-order valence-electron chi connectivity index (χ4n) is 5.84. The number of pyridine rings is 1. The van der Waals surface area contributed by atoms with Crippen LogP contribution < -0.4 is 5.56 Å². The molecule has 6 aromatic carbocycles. The lowest BCUT2D eigenvalue weighted by molar-refractivity contribution is 1.08. The Kier molecular flexibility index (Phi) is 4.77. The Morgan fingerprint density at radius 3 is 1.68 bits per heavy atom. The summed E-state index contributed by atoms with van der Waals surface area (Å²) in [6.07, 6.45) is 0. The molecule has 0 saturated heterocycles. The monoisotopic (exact) mass is 475 g/mol. The van der Waals surface area contributed by atoms with Crippen LogP contribution in [0.4, 0.5) is 0 Å². The lowest BCUT2D eigenvalue weighted by Gasteiger charge is -2.21. The molecule has 1 heterocycles. The van der Waals surface area contributed by atoms with Gasteiger partial charge in [-0.25, -0.2) is 0 Å². The summed E-state index contributed by atoms with van der Waals surface area (Å²) in [6, 6.07) is 40.0. The van der Waals surface area contributed by atoms with Gasteiger partial charge in [-0.3, -0.25) is 9.36 Å². The summed E-state index contributed by atoms with van der Waals surface area (Å²) < 4.78 is 1.95. The molecule has 0 radical (unpaired) electrons. The normalized spacial score (nSPS) is 11.6. The first-order chi connectivity index (χ1) is 18.1. The van der Waals surface area contributed by atoms with Crippen molar-refractivity contribution in [3.63, 3.8) is 0 Å². The number of rotatable bonds is 2. The van der Waals surface area contributed by atoms with Crippen LogP contribution in [-0.2, 0) is 0 Å². The quantitative estimate of drug-likeness (QED) is 0.181. The van der Waals surface area contributed by atoms with Crippen LogP contribution in [0.25, 0.3) is 60.0 Å². The van der Waals surface area contributed by atoms with Gasteiger partial charge in [0.25, 0.3) is 5.56 Å². The third-order valence-electron chi connectivity index (χ3n) is 7.48. The van der Waals surface area contributed by atoms with E-state index >= 15 is 0 Å². The van der Waals surface area contributed by atoms with Gasteiger partial charge in [0, 0.05) is 21.5 Å². The van der Waals surface area contributed by atoms with Gasteiger partial charge in [0.2, 0.25) is 0 Å². The van der Waals surface area contributed by atoms with Crippen LogP contribution in [0.5, 0.6) is 0 Å². The highest BCUT2D eigenvalue weighted by molar-refractivity contribution is 6.19. The van der Waals surface area contributed by atoms with Crippen LogP contribution in [-0.4, -0.2) is 4.57 Å². The van der Waals surface area contributed by atoms with E-state index in [2.05, 4.69) is 111 Å². The van der Waals surface area contributed by atoms with Crippen LogP contribution in [0.3, 0.4) is 0 Å². The first-order valence-corrected chi connectivity index (χ1v) is 12.7. The standard InChI is InChI=1S/C35H25NO/c1-22-16-18-29-30(20-22)31-21-23(2)17-19-32(31)36(35(29)37)34-27-14-8-6-12-25(27)33(24-10-4-3-5-11-24)26-13-7-9-15-28(26)34/h3-21H,1-2H3. The lowest BCUT2D eigenvalue weighted by Crippen LogP contribution is -2.20. The van der Waals surface area contributed by atoms with Crippen molar-refractivity contribution in [2.45, 2.75) is 13.8 Å². The molecule has 0 atom stereocenters. The average Bonchev–Trinajstić information content (AvgIpc) is 2.93. The Hall–Kier alpha value is -4.69. The van der Waals surface area contributed by atoms with E-state index in [0.717, 1.165) is 54.5 Å². The minimum absolute atomic E-state index is 0.00844. The number of benzene rings is 6. The van der Waals surface area contributed by atoms with E-state index < -0.39 is 0 Å². The minimum atomic E-state index is 0.00844. The first kappa shape index (κ1) is 21.6. The summed E-state index contributed by atoms with van der Waals surface area (Å²) >= 11 is 0. The molecule has 0 fully saturated rings. The molecule has 7 rings (SSSR count).